The molecule has 0 radical (unpaired) electrons. The fraction of sp³-hybridized carbons (Fsp3) is 0.250. The highest BCUT2D eigenvalue weighted by Crippen LogP contribution is 2.21. The van der Waals surface area contributed by atoms with E-state index in [4.69, 9.17) is 4.74 Å². The molecule has 36 heavy (non-hydrogen) atoms. The van der Waals surface area contributed by atoms with Gasteiger partial charge in [0.25, 0.3) is 0 Å². The number of aliphatic carboxylic acids is 2. The third-order valence-corrected chi connectivity index (χ3v) is 4.99. The zero-order valence-corrected chi connectivity index (χ0v) is 19.7. The molecule has 3 aromatic rings. The van der Waals surface area contributed by atoms with Gasteiger partial charge in [-0.3, -0.25) is 4.79 Å². The lowest BCUT2D eigenvalue weighted by Crippen LogP contribution is -2.32. The topological polar surface area (TPSA) is 167 Å². The van der Waals surface area contributed by atoms with E-state index >= 15 is 0 Å². The SMILES string of the molecule is CN(C)C(=O)Oc1ccc(C[C@H](Nc2ncnc(NC(CC(=O)O)c3ccccc3)n2)C(=O)O)cc1. The van der Waals surface area contributed by atoms with Crippen LogP contribution in [0.15, 0.2) is 60.9 Å². The number of hydrogen-bond donors (Lipinski definition) is 4. The Morgan fingerprint density at radius 2 is 1.58 bits per heavy atom. The number of aromatic nitrogens is 3. The Morgan fingerprint density at radius 1 is 0.944 bits per heavy atom. The molecule has 1 aromatic heterocycles. The monoisotopic (exact) mass is 494 g/mol. The molecule has 0 aliphatic rings. The first kappa shape index (κ1) is 25.9. The number of rotatable bonds is 11. The van der Waals surface area contributed by atoms with Gasteiger partial charge in [-0.1, -0.05) is 42.5 Å². The van der Waals surface area contributed by atoms with Crippen molar-refractivity contribution in [3.05, 3.63) is 72.1 Å². The van der Waals surface area contributed by atoms with Crippen LogP contribution in [0.2, 0.25) is 0 Å². The van der Waals surface area contributed by atoms with E-state index in [-0.39, 0.29) is 24.7 Å². The van der Waals surface area contributed by atoms with Crippen molar-refractivity contribution in [2.24, 2.45) is 0 Å². The molecule has 0 spiro atoms. The highest BCUT2D eigenvalue weighted by molar-refractivity contribution is 5.77. The molecule has 12 heteroatoms. The van der Waals surface area contributed by atoms with Crippen LogP contribution in [0.3, 0.4) is 0 Å². The average Bonchev–Trinajstić information content (AvgIpc) is 2.84. The van der Waals surface area contributed by atoms with Crippen LogP contribution in [0.5, 0.6) is 5.75 Å². The lowest BCUT2D eigenvalue weighted by molar-refractivity contribution is -0.138. The number of carbonyl (C=O) groups is 3. The first-order chi connectivity index (χ1) is 17.2. The van der Waals surface area contributed by atoms with Gasteiger partial charge in [0.15, 0.2) is 0 Å². The summed E-state index contributed by atoms with van der Waals surface area (Å²) in [5.74, 6) is -1.68. The molecule has 2 atom stereocenters. The third kappa shape index (κ3) is 7.65. The predicted molar refractivity (Wildman–Crippen MR) is 130 cm³/mol. The second kappa shape index (κ2) is 12.1. The zero-order valence-electron chi connectivity index (χ0n) is 19.7. The van der Waals surface area contributed by atoms with Crippen molar-refractivity contribution < 1.29 is 29.3 Å². The van der Waals surface area contributed by atoms with Crippen LogP contribution < -0.4 is 15.4 Å². The summed E-state index contributed by atoms with van der Waals surface area (Å²) in [6.45, 7) is 0. The van der Waals surface area contributed by atoms with Crippen molar-refractivity contribution in [3.63, 3.8) is 0 Å². The molecule has 1 heterocycles. The van der Waals surface area contributed by atoms with E-state index in [0.29, 0.717) is 11.3 Å². The third-order valence-electron chi connectivity index (χ3n) is 4.99. The standard InChI is InChI=1S/C24H26N6O6/c1-30(2)24(35)36-17-10-8-15(9-11-17)12-19(21(33)34)28-23-26-14-25-22(29-23)27-18(13-20(31)32)16-6-4-3-5-7-16/h3-11,14,18-19H,12-13H2,1-2H3,(H,31,32)(H,33,34)(H2,25,26,27,28,29)/t18?,19-/m0/s1. The van der Waals surface area contributed by atoms with Crippen molar-refractivity contribution >= 4 is 29.9 Å². The van der Waals surface area contributed by atoms with Crippen LogP contribution in [-0.2, 0) is 16.0 Å². The number of carbonyl (C=O) groups excluding carboxylic acids is 1. The Bertz CT molecular complexity index is 1190. The minimum Gasteiger partial charge on any atom is -0.481 e. The van der Waals surface area contributed by atoms with E-state index in [2.05, 4.69) is 25.6 Å². The van der Waals surface area contributed by atoms with E-state index < -0.39 is 30.1 Å². The molecule has 2 aromatic carbocycles. The van der Waals surface area contributed by atoms with Crippen molar-refractivity contribution in [2.45, 2.75) is 24.9 Å². The Balaban J connectivity index is 1.70. The maximum atomic E-state index is 11.9. The Hall–Kier alpha value is -4.74. The van der Waals surface area contributed by atoms with Crippen LogP contribution in [0.25, 0.3) is 0 Å². The molecule has 0 bridgehead atoms. The Kier molecular flexibility index (Phi) is 8.70. The molecular weight excluding hydrogens is 468 g/mol. The maximum Gasteiger partial charge on any atom is 0.414 e. The number of hydrogen-bond acceptors (Lipinski definition) is 9. The van der Waals surface area contributed by atoms with Gasteiger partial charge in [-0.2, -0.15) is 4.98 Å². The second-order valence-electron chi connectivity index (χ2n) is 7.98. The molecule has 12 nitrogen and oxygen atoms in total. The summed E-state index contributed by atoms with van der Waals surface area (Å²) >= 11 is 0. The first-order valence-electron chi connectivity index (χ1n) is 10.9. The van der Waals surface area contributed by atoms with Crippen LogP contribution in [-0.4, -0.2) is 68.2 Å². The molecule has 0 fully saturated rings. The van der Waals surface area contributed by atoms with Gasteiger partial charge in [-0.25, -0.2) is 19.6 Å². The number of nitrogens with one attached hydrogen (secondary N) is 2. The number of carboxylic acids is 2. The number of nitrogens with zero attached hydrogens (tertiary/aromatic N) is 4. The number of anilines is 2. The van der Waals surface area contributed by atoms with Gasteiger partial charge in [0.2, 0.25) is 11.9 Å². The number of amides is 1. The normalized spacial score (nSPS) is 12.2. The first-order valence-corrected chi connectivity index (χ1v) is 10.9. The number of benzene rings is 2. The van der Waals surface area contributed by atoms with Crippen molar-refractivity contribution in [1.82, 2.24) is 19.9 Å². The van der Waals surface area contributed by atoms with Gasteiger partial charge in [0.1, 0.15) is 18.1 Å². The predicted octanol–water partition coefficient (Wildman–Crippen LogP) is 2.67. The molecule has 4 N–H and O–H groups in total. The molecule has 0 saturated carbocycles. The minimum absolute atomic E-state index is 0.0126. The van der Waals surface area contributed by atoms with Crippen LogP contribution in [0.4, 0.5) is 16.7 Å². The number of ether oxygens (including phenoxy) is 1. The molecule has 1 unspecified atom stereocenters. The van der Waals surface area contributed by atoms with E-state index in [9.17, 15) is 24.6 Å². The fourth-order valence-corrected chi connectivity index (χ4v) is 3.18. The second-order valence-corrected chi connectivity index (χ2v) is 7.98. The highest BCUT2D eigenvalue weighted by Gasteiger charge is 2.21. The van der Waals surface area contributed by atoms with E-state index in [1.165, 1.54) is 11.2 Å². The maximum absolute atomic E-state index is 11.9. The van der Waals surface area contributed by atoms with E-state index in [1.807, 2.05) is 6.07 Å². The fourth-order valence-electron chi connectivity index (χ4n) is 3.18. The van der Waals surface area contributed by atoms with Gasteiger partial charge < -0.3 is 30.5 Å². The van der Waals surface area contributed by atoms with Crippen LogP contribution >= 0.6 is 0 Å². The summed E-state index contributed by atoms with van der Waals surface area (Å²) in [5.41, 5.74) is 1.41. The van der Waals surface area contributed by atoms with E-state index in [1.54, 1.807) is 62.6 Å². The summed E-state index contributed by atoms with van der Waals surface area (Å²) < 4.78 is 5.16. The van der Waals surface area contributed by atoms with E-state index in [0.717, 1.165) is 5.56 Å². The Morgan fingerprint density at radius 3 is 2.17 bits per heavy atom. The Labute approximate surface area is 207 Å². The lowest BCUT2D eigenvalue weighted by Gasteiger charge is -2.18. The summed E-state index contributed by atoms with van der Waals surface area (Å²) in [5, 5.41) is 24.7. The van der Waals surface area contributed by atoms with Crippen molar-refractivity contribution in [3.8, 4) is 5.75 Å². The van der Waals surface area contributed by atoms with Crippen molar-refractivity contribution in [1.29, 1.82) is 0 Å². The van der Waals surface area contributed by atoms with Gasteiger partial charge in [0.05, 0.1) is 12.5 Å². The van der Waals surface area contributed by atoms with Gasteiger partial charge in [-0.05, 0) is 23.3 Å². The van der Waals surface area contributed by atoms with Crippen LogP contribution in [0.1, 0.15) is 23.6 Å². The quantitative estimate of drug-likeness (QED) is 0.309. The molecule has 0 aliphatic heterocycles. The smallest absolute Gasteiger partial charge is 0.414 e. The van der Waals surface area contributed by atoms with Gasteiger partial charge >= 0.3 is 18.0 Å². The molecule has 0 aliphatic carbocycles. The van der Waals surface area contributed by atoms with Gasteiger partial charge in [0, 0.05) is 20.5 Å². The zero-order chi connectivity index (χ0) is 26.1. The highest BCUT2D eigenvalue weighted by atomic mass is 16.6. The average molecular weight is 495 g/mol. The summed E-state index contributed by atoms with van der Waals surface area (Å²) in [6.07, 6.45) is 0.561. The molecule has 0 saturated heterocycles. The number of carboxylic acid groups (broad SMARTS) is 2. The molecular formula is C24H26N6O6. The molecule has 3 rings (SSSR count). The summed E-state index contributed by atoms with van der Waals surface area (Å²) in [6, 6.07) is 13.8. The lowest BCUT2D eigenvalue weighted by atomic mass is 10.0. The largest absolute Gasteiger partial charge is 0.481 e. The van der Waals surface area contributed by atoms with Crippen LogP contribution in [0, 0.1) is 0 Å². The minimum atomic E-state index is -1.12. The van der Waals surface area contributed by atoms with Crippen molar-refractivity contribution in [2.75, 3.05) is 24.7 Å². The molecule has 1 amide bonds. The molecule has 188 valence electrons. The van der Waals surface area contributed by atoms with Gasteiger partial charge in [-0.15, -0.1) is 0 Å². The summed E-state index contributed by atoms with van der Waals surface area (Å²) in [4.78, 5) is 48.4. The summed E-state index contributed by atoms with van der Waals surface area (Å²) in [7, 11) is 3.13.